The summed E-state index contributed by atoms with van der Waals surface area (Å²) in [5, 5.41) is 1.26. The molecule has 4 rings (SSSR count). The summed E-state index contributed by atoms with van der Waals surface area (Å²) < 4.78 is 23.0. The van der Waals surface area contributed by atoms with Crippen LogP contribution < -0.4 is 0 Å². The van der Waals surface area contributed by atoms with Gasteiger partial charge in [-0.05, 0) is 30.4 Å². The number of allylic oxidation sites excluding steroid dienone is 1. The summed E-state index contributed by atoms with van der Waals surface area (Å²) >= 11 is 0. The first kappa shape index (κ1) is 17.7. The zero-order valence-corrected chi connectivity index (χ0v) is 15.8. The van der Waals surface area contributed by atoms with Crippen LogP contribution >= 0.6 is 0 Å². The van der Waals surface area contributed by atoms with Crippen LogP contribution in [-0.4, -0.2) is 55.6 Å². The zero-order chi connectivity index (χ0) is 18.1. The van der Waals surface area contributed by atoms with Gasteiger partial charge in [0, 0.05) is 50.0 Å². The Balaban J connectivity index is 1.28. The van der Waals surface area contributed by atoms with Gasteiger partial charge < -0.3 is 4.90 Å². The lowest BCUT2D eigenvalue weighted by Gasteiger charge is -2.40. The molecule has 1 aromatic carbocycles. The number of sulfone groups is 1. The normalized spacial score (nSPS) is 26.0. The molecule has 3 aliphatic heterocycles. The van der Waals surface area contributed by atoms with Gasteiger partial charge in [0.25, 0.3) is 0 Å². The van der Waals surface area contributed by atoms with Crippen molar-refractivity contribution in [1.29, 1.82) is 0 Å². The highest BCUT2D eigenvalue weighted by atomic mass is 32.2. The fourth-order valence-corrected chi connectivity index (χ4v) is 5.83. The van der Waals surface area contributed by atoms with E-state index in [4.69, 9.17) is 0 Å². The second kappa shape index (κ2) is 7.16. The monoisotopic (exact) mass is 374 g/mol. The van der Waals surface area contributed by atoms with E-state index >= 15 is 0 Å². The maximum absolute atomic E-state index is 12.5. The summed E-state index contributed by atoms with van der Waals surface area (Å²) in [5.41, 5.74) is 2.91. The third kappa shape index (κ3) is 3.86. The smallest absolute Gasteiger partial charge is 0.223 e. The predicted octanol–water partition coefficient (Wildman–Crippen LogP) is 1.98. The lowest BCUT2D eigenvalue weighted by atomic mass is 9.95. The molecule has 0 bridgehead atoms. The molecule has 1 saturated heterocycles. The molecule has 0 aliphatic carbocycles. The van der Waals surface area contributed by atoms with Crippen LogP contribution in [0.25, 0.3) is 0 Å². The molecule has 140 valence electrons. The number of hydrogen-bond donors (Lipinski definition) is 0. The third-order valence-corrected chi connectivity index (χ3v) is 7.40. The molecule has 1 aromatic rings. The molecular formula is C20H26N2O3S. The van der Waals surface area contributed by atoms with Crippen LogP contribution in [0, 0.1) is 5.92 Å². The van der Waals surface area contributed by atoms with Crippen molar-refractivity contribution in [2.45, 2.75) is 38.3 Å². The molecule has 1 atom stereocenters. The van der Waals surface area contributed by atoms with Crippen molar-refractivity contribution in [2.75, 3.05) is 25.4 Å². The van der Waals surface area contributed by atoms with Gasteiger partial charge in [0.05, 0.1) is 5.75 Å². The molecule has 5 nitrogen and oxygen atoms in total. The topological polar surface area (TPSA) is 57.7 Å². The first-order valence-electron chi connectivity index (χ1n) is 9.50. The van der Waals surface area contributed by atoms with Crippen molar-refractivity contribution >= 4 is 15.7 Å². The summed E-state index contributed by atoms with van der Waals surface area (Å²) in [7, 11) is -3.08. The van der Waals surface area contributed by atoms with E-state index in [9.17, 15) is 13.2 Å². The molecule has 1 fully saturated rings. The molecule has 0 saturated carbocycles. The van der Waals surface area contributed by atoms with Crippen LogP contribution in [0.15, 0.2) is 35.7 Å². The molecule has 0 aromatic heterocycles. The van der Waals surface area contributed by atoms with Crippen molar-refractivity contribution in [3.8, 4) is 0 Å². The van der Waals surface area contributed by atoms with E-state index < -0.39 is 9.84 Å². The van der Waals surface area contributed by atoms with Crippen LogP contribution in [0.1, 0.15) is 30.4 Å². The van der Waals surface area contributed by atoms with Gasteiger partial charge in [0.15, 0.2) is 9.84 Å². The third-order valence-electron chi connectivity index (χ3n) is 5.94. The fraction of sp³-hybridized carbons (Fsp3) is 0.550. The Hall–Kier alpha value is -1.66. The minimum absolute atomic E-state index is 0.0857. The Morgan fingerprint density at radius 3 is 2.50 bits per heavy atom. The molecule has 6 heteroatoms. The van der Waals surface area contributed by atoms with Crippen molar-refractivity contribution in [3.63, 3.8) is 0 Å². The van der Waals surface area contributed by atoms with Gasteiger partial charge in [-0.1, -0.05) is 30.3 Å². The van der Waals surface area contributed by atoms with Crippen molar-refractivity contribution in [3.05, 3.63) is 46.9 Å². The lowest BCUT2D eigenvalue weighted by molar-refractivity contribution is -0.133. The summed E-state index contributed by atoms with van der Waals surface area (Å²) in [6.07, 6.45) is 5.11. The quantitative estimate of drug-likeness (QED) is 0.812. The highest BCUT2D eigenvalue weighted by Gasteiger charge is 2.31. The standard InChI is InChI=1S/C20H26N2O3S/c23-20(13-16-8-12-26(24,25)15-16)21-10-6-19(7-11-21)22-9-5-17-3-1-2-4-18(17)14-22/h1-4,8,12,16,19H,5-7,9-11,13-15H2/t16-/m1/s1. The minimum atomic E-state index is -3.08. The average Bonchev–Trinajstić information content (AvgIpc) is 2.99. The maximum atomic E-state index is 12.5. The van der Waals surface area contributed by atoms with Crippen LogP contribution in [0.3, 0.4) is 0 Å². The molecule has 0 spiro atoms. The number of fused-ring (bicyclic) bond motifs is 1. The van der Waals surface area contributed by atoms with Gasteiger partial charge in [-0.25, -0.2) is 8.42 Å². The second-order valence-electron chi connectivity index (χ2n) is 7.72. The second-order valence-corrected chi connectivity index (χ2v) is 9.65. The van der Waals surface area contributed by atoms with E-state index in [1.165, 1.54) is 16.5 Å². The first-order valence-corrected chi connectivity index (χ1v) is 11.2. The lowest BCUT2D eigenvalue weighted by Crippen LogP contribution is -2.48. The van der Waals surface area contributed by atoms with Gasteiger partial charge >= 0.3 is 0 Å². The van der Waals surface area contributed by atoms with E-state index in [0.29, 0.717) is 12.5 Å². The van der Waals surface area contributed by atoms with E-state index in [0.717, 1.165) is 45.4 Å². The number of hydrogen-bond acceptors (Lipinski definition) is 4. The van der Waals surface area contributed by atoms with E-state index in [2.05, 4.69) is 29.2 Å². The summed E-state index contributed by atoms with van der Waals surface area (Å²) in [6.45, 7) is 3.68. The highest BCUT2D eigenvalue weighted by molar-refractivity contribution is 7.94. The van der Waals surface area contributed by atoms with Crippen molar-refractivity contribution in [2.24, 2.45) is 5.92 Å². The summed E-state index contributed by atoms with van der Waals surface area (Å²) in [4.78, 5) is 17.0. The number of nitrogens with zero attached hydrogens (tertiary/aromatic N) is 2. The van der Waals surface area contributed by atoms with Gasteiger partial charge in [-0.15, -0.1) is 0 Å². The number of rotatable bonds is 3. The Kier molecular flexibility index (Phi) is 4.88. The number of carbonyl (C=O) groups is 1. The van der Waals surface area contributed by atoms with Crippen LogP contribution in [0.5, 0.6) is 0 Å². The molecule has 3 heterocycles. The van der Waals surface area contributed by atoms with Crippen LogP contribution in [0.4, 0.5) is 0 Å². The van der Waals surface area contributed by atoms with Gasteiger partial charge in [0.2, 0.25) is 5.91 Å². The highest BCUT2D eigenvalue weighted by Crippen LogP contribution is 2.26. The van der Waals surface area contributed by atoms with Crippen molar-refractivity contribution in [1.82, 2.24) is 9.80 Å². The number of amides is 1. The number of likely N-dealkylation sites (tertiary alicyclic amines) is 1. The molecular weight excluding hydrogens is 348 g/mol. The Morgan fingerprint density at radius 2 is 1.81 bits per heavy atom. The van der Waals surface area contributed by atoms with Gasteiger partial charge in [0.1, 0.15) is 0 Å². The maximum Gasteiger partial charge on any atom is 0.223 e. The van der Waals surface area contributed by atoms with Gasteiger partial charge in [-0.3, -0.25) is 9.69 Å². The predicted molar refractivity (Wildman–Crippen MR) is 101 cm³/mol. The van der Waals surface area contributed by atoms with Crippen LogP contribution in [0.2, 0.25) is 0 Å². The fourth-order valence-electron chi connectivity index (χ4n) is 4.43. The summed E-state index contributed by atoms with van der Waals surface area (Å²) in [6, 6.07) is 9.22. The van der Waals surface area contributed by atoms with Gasteiger partial charge in [-0.2, -0.15) is 0 Å². The molecule has 1 amide bonds. The van der Waals surface area contributed by atoms with E-state index in [1.54, 1.807) is 6.08 Å². The largest absolute Gasteiger partial charge is 0.343 e. The Labute approximate surface area is 155 Å². The Bertz CT molecular complexity index is 810. The van der Waals surface area contributed by atoms with Crippen LogP contribution in [-0.2, 0) is 27.6 Å². The Morgan fingerprint density at radius 1 is 1.08 bits per heavy atom. The number of benzene rings is 1. The molecule has 3 aliphatic rings. The molecule has 0 unspecified atom stereocenters. The number of carbonyl (C=O) groups excluding carboxylic acids is 1. The van der Waals surface area contributed by atoms with E-state index in [-0.39, 0.29) is 17.6 Å². The number of piperidine rings is 1. The SMILES string of the molecule is O=C(C[C@H]1C=CS(=O)(=O)C1)N1CCC(N2CCc3ccccc3C2)CC1. The van der Waals surface area contributed by atoms with E-state index in [1.807, 2.05) is 4.90 Å². The minimum Gasteiger partial charge on any atom is -0.343 e. The first-order chi connectivity index (χ1) is 12.5. The van der Waals surface area contributed by atoms with Crippen molar-refractivity contribution < 1.29 is 13.2 Å². The molecule has 0 N–H and O–H groups in total. The molecule has 0 radical (unpaired) electrons. The average molecular weight is 375 g/mol. The summed E-state index contributed by atoms with van der Waals surface area (Å²) in [5.74, 6) is 0.0329. The molecule has 26 heavy (non-hydrogen) atoms. The zero-order valence-electron chi connectivity index (χ0n) is 15.0.